The van der Waals surface area contributed by atoms with Crippen LogP contribution in [-0.2, 0) is 6.54 Å². The van der Waals surface area contributed by atoms with E-state index in [0.717, 1.165) is 24.3 Å². The standard InChI is InChI=1S/C12H16FNO2S/c1-17-6-2-5-14-8-9-3-4-10(12(15)16)11(13)7-9/h3-4,7,14H,2,5-6,8H2,1H3,(H,15,16). The summed E-state index contributed by atoms with van der Waals surface area (Å²) in [7, 11) is 0. The molecule has 0 fully saturated rings. The second-order valence-electron chi connectivity index (χ2n) is 3.64. The maximum Gasteiger partial charge on any atom is 0.338 e. The van der Waals surface area contributed by atoms with Crippen LogP contribution in [0.5, 0.6) is 0 Å². The highest BCUT2D eigenvalue weighted by Gasteiger charge is 2.09. The molecule has 0 aliphatic heterocycles. The molecule has 0 aliphatic carbocycles. The minimum atomic E-state index is -1.23. The van der Waals surface area contributed by atoms with Gasteiger partial charge in [0.15, 0.2) is 0 Å². The summed E-state index contributed by atoms with van der Waals surface area (Å²) >= 11 is 1.79. The van der Waals surface area contributed by atoms with Gasteiger partial charge in [-0.3, -0.25) is 0 Å². The lowest BCUT2D eigenvalue weighted by Gasteiger charge is -2.05. The third-order valence-corrected chi connectivity index (χ3v) is 2.99. The SMILES string of the molecule is CSCCCNCc1ccc(C(=O)O)c(F)c1. The van der Waals surface area contributed by atoms with Crippen LogP contribution in [0.15, 0.2) is 18.2 Å². The van der Waals surface area contributed by atoms with Crippen molar-refractivity contribution in [3.8, 4) is 0 Å². The molecular weight excluding hydrogens is 241 g/mol. The van der Waals surface area contributed by atoms with Crippen LogP contribution in [0.25, 0.3) is 0 Å². The molecule has 3 nitrogen and oxygen atoms in total. The quantitative estimate of drug-likeness (QED) is 0.736. The van der Waals surface area contributed by atoms with Gasteiger partial charge in [-0.1, -0.05) is 6.07 Å². The average Bonchev–Trinajstić information content (AvgIpc) is 2.28. The van der Waals surface area contributed by atoms with Gasteiger partial charge in [0.05, 0.1) is 5.56 Å². The van der Waals surface area contributed by atoms with E-state index in [-0.39, 0.29) is 5.56 Å². The molecule has 1 aromatic carbocycles. The fraction of sp³-hybridized carbons (Fsp3) is 0.417. The van der Waals surface area contributed by atoms with Crippen molar-refractivity contribution in [1.29, 1.82) is 0 Å². The highest BCUT2D eigenvalue weighted by molar-refractivity contribution is 7.98. The topological polar surface area (TPSA) is 49.3 Å². The first-order valence-electron chi connectivity index (χ1n) is 5.36. The maximum absolute atomic E-state index is 13.3. The zero-order valence-corrected chi connectivity index (χ0v) is 10.5. The van der Waals surface area contributed by atoms with Crippen LogP contribution in [0, 0.1) is 5.82 Å². The van der Waals surface area contributed by atoms with Crippen molar-refractivity contribution in [1.82, 2.24) is 5.32 Å². The number of hydrogen-bond acceptors (Lipinski definition) is 3. The summed E-state index contributed by atoms with van der Waals surface area (Å²) in [6.45, 7) is 1.44. The first-order valence-corrected chi connectivity index (χ1v) is 6.76. The summed E-state index contributed by atoms with van der Waals surface area (Å²) < 4.78 is 13.3. The predicted molar refractivity (Wildman–Crippen MR) is 68.1 cm³/mol. The molecule has 0 heterocycles. The smallest absolute Gasteiger partial charge is 0.338 e. The molecular formula is C12H16FNO2S. The third-order valence-electron chi connectivity index (χ3n) is 2.30. The number of halogens is 1. The molecule has 5 heteroatoms. The number of rotatable bonds is 7. The number of carboxylic acid groups (broad SMARTS) is 1. The van der Waals surface area contributed by atoms with Crippen LogP contribution in [0.2, 0.25) is 0 Å². The van der Waals surface area contributed by atoms with Gasteiger partial charge in [0.25, 0.3) is 0 Å². The second-order valence-corrected chi connectivity index (χ2v) is 4.63. The highest BCUT2D eigenvalue weighted by atomic mass is 32.2. The summed E-state index contributed by atoms with van der Waals surface area (Å²) in [6.07, 6.45) is 3.12. The van der Waals surface area contributed by atoms with Crippen molar-refractivity contribution in [3.05, 3.63) is 35.1 Å². The first kappa shape index (κ1) is 14.0. The molecule has 0 bridgehead atoms. The molecule has 1 aromatic rings. The zero-order valence-electron chi connectivity index (χ0n) is 9.70. The monoisotopic (exact) mass is 257 g/mol. The van der Waals surface area contributed by atoms with Gasteiger partial charge in [-0.05, 0) is 42.7 Å². The molecule has 0 spiro atoms. The summed E-state index contributed by atoms with van der Waals surface area (Å²) in [6, 6.07) is 4.20. The Morgan fingerprint density at radius 3 is 2.88 bits per heavy atom. The molecule has 1 rings (SSSR count). The number of thioether (sulfide) groups is 1. The highest BCUT2D eigenvalue weighted by Crippen LogP contribution is 2.10. The molecule has 0 amide bonds. The number of benzene rings is 1. The molecule has 17 heavy (non-hydrogen) atoms. The van der Waals surface area contributed by atoms with Crippen LogP contribution in [0.1, 0.15) is 22.3 Å². The fourth-order valence-electron chi connectivity index (χ4n) is 1.42. The van der Waals surface area contributed by atoms with Crippen LogP contribution in [-0.4, -0.2) is 29.6 Å². The minimum absolute atomic E-state index is 0.281. The Morgan fingerprint density at radius 2 is 2.29 bits per heavy atom. The van der Waals surface area contributed by atoms with Gasteiger partial charge in [0.1, 0.15) is 5.82 Å². The third kappa shape index (κ3) is 4.75. The molecule has 0 unspecified atom stereocenters. The molecule has 0 saturated heterocycles. The van der Waals surface area contributed by atoms with E-state index in [0.29, 0.717) is 6.54 Å². The molecule has 2 N–H and O–H groups in total. The van der Waals surface area contributed by atoms with Crippen molar-refractivity contribution in [3.63, 3.8) is 0 Å². The molecule has 0 aromatic heterocycles. The number of carbonyl (C=O) groups is 1. The van der Waals surface area contributed by atoms with Crippen LogP contribution < -0.4 is 5.32 Å². The lowest BCUT2D eigenvalue weighted by atomic mass is 10.1. The van der Waals surface area contributed by atoms with Crippen LogP contribution >= 0.6 is 11.8 Å². The van der Waals surface area contributed by atoms with E-state index in [9.17, 15) is 9.18 Å². The Labute approximate surface area is 104 Å². The maximum atomic E-state index is 13.3. The predicted octanol–water partition coefficient (Wildman–Crippen LogP) is 2.37. The number of carboxylic acids is 1. The largest absolute Gasteiger partial charge is 0.478 e. The summed E-state index contributed by atoms with van der Waals surface area (Å²) in [5, 5.41) is 11.9. The van der Waals surface area contributed by atoms with Gasteiger partial charge in [-0.2, -0.15) is 11.8 Å². The van der Waals surface area contributed by atoms with Crippen molar-refractivity contribution in [2.45, 2.75) is 13.0 Å². The summed E-state index contributed by atoms with van der Waals surface area (Å²) in [4.78, 5) is 10.6. The van der Waals surface area contributed by atoms with Crippen LogP contribution in [0.3, 0.4) is 0 Å². The van der Waals surface area contributed by atoms with E-state index in [4.69, 9.17) is 5.11 Å². The minimum Gasteiger partial charge on any atom is -0.478 e. The fourth-order valence-corrected chi connectivity index (χ4v) is 1.85. The zero-order chi connectivity index (χ0) is 12.7. The van der Waals surface area contributed by atoms with Gasteiger partial charge < -0.3 is 10.4 Å². The van der Waals surface area contributed by atoms with Crippen molar-refractivity contribution < 1.29 is 14.3 Å². The Bertz CT molecular complexity index is 385. The molecule has 0 atom stereocenters. The van der Waals surface area contributed by atoms with E-state index in [1.807, 2.05) is 0 Å². The molecule has 0 saturated carbocycles. The number of aromatic carboxylic acids is 1. The lowest BCUT2D eigenvalue weighted by Crippen LogP contribution is -2.15. The van der Waals surface area contributed by atoms with Gasteiger partial charge in [0.2, 0.25) is 0 Å². The van der Waals surface area contributed by atoms with Crippen molar-refractivity contribution in [2.75, 3.05) is 18.6 Å². The summed E-state index contributed by atoms with van der Waals surface area (Å²) in [5.74, 6) is -0.817. The Kier molecular flexibility index (Phi) is 6.00. The van der Waals surface area contributed by atoms with Gasteiger partial charge in [-0.25, -0.2) is 9.18 Å². The van der Waals surface area contributed by atoms with E-state index < -0.39 is 11.8 Å². The molecule has 0 aliphatic rings. The van der Waals surface area contributed by atoms with Gasteiger partial charge >= 0.3 is 5.97 Å². The summed E-state index contributed by atoms with van der Waals surface area (Å²) in [5.41, 5.74) is 0.479. The Balaban J connectivity index is 2.45. The van der Waals surface area contributed by atoms with Crippen molar-refractivity contribution in [2.24, 2.45) is 0 Å². The first-order chi connectivity index (χ1) is 8.15. The van der Waals surface area contributed by atoms with Gasteiger partial charge in [-0.15, -0.1) is 0 Å². The van der Waals surface area contributed by atoms with E-state index in [1.165, 1.54) is 12.1 Å². The number of hydrogen-bond donors (Lipinski definition) is 2. The Morgan fingerprint density at radius 1 is 1.53 bits per heavy atom. The normalized spacial score (nSPS) is 10.5. The second kappa shape index (κ2) is 7.29. The van der Waals surface area contributed by atoms with Gasteiger partial charge in [0, 0.05) is 6.54 Å². The molecule has 94 valence electrons. The van der Waals surface area contributed by atoms with Crippen molar-refractivity contribution >= 4 is 17.7 Å². The van der Waals surface area contributed by atoms with E-state index in [2.05, 4.69) is 11.6 Å². The Hall–Kier alpha value is -1.07. The van der Waals surface area contributed by atoms with E-state index >= 15 is 0 Å². The van der Waals surface area contributed by atoms with Crippen LogP contribution in [0.4, 0.5) is 4.39 Å². The number of nitrogens with one attached hydrogen (secondary N) is 1. The van der Waals surface area contributed by atoms with E-state index in [1.54, 1.807) is 17.8 Å². The lowest BCUT2D eigenvalue weighted by molar-refractivity contribution is 0.0692. The average molecular weight is 257 g/mol. The molecule has 0 radical (unpaired) electrons.